The standard InChI is InChI=1S/C15H14OS/c1-15(2)14(16)12-8-7-10-5-3-4-6-11(10)13(12)9-17-15/h3-8H,9H2,1-2H3. The number of ketones is 1. The first-order valence-electron chi connectivity index (χ1n) is 5.79. The molecule has 0 aliphatic carbocycles. The Morgan fingerprint density at radius 3 is 2.71 bits per heavy atom. The SMILES string of the molecule is CC1(C)SCc2c(ccc3ccccc23)C1=O. The largest absolute Gasteiger partial charge is 0.293 e. The highest BCUT2D eigenvalue weighted by Gasteiger charge is 2.35. The summed E-state index contributed by atoms with van der Waals surface area (Å²) in [6.07, 6.45) is 0. The summed E-state index contributed by atoms with van der Waals surface area (Å²) in [5, 5.41) is 2.45. The van der Waals surface area contributed by atoms with Gasteiger partial charge in [-0.05, 0) is 30.2 Å². The summed E-state index contributed by atoms with van der Waals surface area (Å²) in [5.74, 6) is 1.18. The molecule has 0 saturated carbocycles. The number of fused-ring (bicyclic) bond motifs is 3. The van der Waals surface area contributed by atoms with Gasteiger partial charge in [0, 0.05) is 11.3 Å². The monoisotopic (exact) mass is 242 g/mol. The van der Waals surface area contributed by atoms with E-state index in [-0.39, 0.29) is 10.5 Å². The minimum Gasteiger partial charge on any atom is -0.293 e. The van der Waals surface area contributed by atoms with Crippen LogP contribution in [0.25, 0.3) is 10.8 Å². The fourth-order valence-electron chi connectivity index (χ4n) is 2.35. The second-order valence-electron chi connectivity index (χ2n) is 4.94. The molecule has 0 spiro atoms. The van der Waals surface area contributed by atoms with Crippen LogP contribution in [0, 0.1) is 0 Å². The third-order valence-corrected chi connectivity index (χ3v) is 4.75. The zero-order valence-electron chi connectivity index (χ0n) is 9.99. The van der Waals surface area contributed by atoms with Crippen LogP contribution in [0.4, 0.5) is 0 Å². The number of Topliss-reactive ketones (excluding diaryl/α,β-unsaturated/α-hetero) is 1. The summed E-state index contributed by atoms with van der Waals surface area (Å²) in [6, 6.07) is 12.3. The van der Waals surface area contributed by atoms with Gasteiger partial charge in [0.2, 0.25) is 0 Å². The van der Waals surface area contributed by atoms with Crippen molar-refractivity contribution in [2.45, 2.75) is 24.3 Å². The first-order chi connectivity index (χ1) is 8.09. The molecule has 0 radical (unpaired) electrons. The van der Waals surface area contributed by atoms with Crippen molar-refractivity contribution in [1.82, 2.24) is 0 Å². The van der Waals surface area contributed by atoms with E-state index in [1.807, 2.05) is 32.0 Å². The van der Waals surface area contributed by atoms with Crippen LogP contribution in [-0.2, 0) is 5.75 Å². The molecule has 0 atom stereocenters. The first-order valence-corrected chi connectivity index (χ1v) is 6.77. The maximum atomic E-state index is 12.4. The predicted molar refractivity (Wildman–Crippen MR) is 73.7 cm³/mol. The third-order valence-electron chi connectivity index (χ3n) is 3.41. The summed E-state index contributed by atoms with van der Waals surface area (Å²) in [7, 11) is 0. The molecule has 1 aliphatic heterocycles. The molecule has 0 unspecified atom stereocenters. The Hall–Kier alpha value is -1.28. The van der Waals surface area contributed by atoms with Crippen molar-refractivity contribution in [3.05, 3.63) is 47.5 Å². The number of thioether (sulfide) groups is 1. The highest BCUT2D eigenvalue weighted by molar-refractivity contribution is 8.00. The van der Waals surface area contributed by atoms with Gasteiger partial charge in [0.1, 0.15) is 0 Å². The molecule has 0 fully saturated rings. The minimum atomic E-state index is -0.282. The van der Waals surface area contributed by atoms with Crippen molar-refractivity contribution in [3.8, 4) is 0 Å². The second kappa shape index (κ2) is 3.61. The topological polar surface area (TPSA) is 17.1 Å². The molecule has 0 aromatic heterocycles. The van der Waals surface area contributed by atoms with Gasteiger partial charge in [-0.1, -0.05) is 36.4 Å². The molecule has 1 heterocycles. The van der Waals surface area contributed by atoms with Crippen molar-refractivity contribution in [1.29, 1.82) is 0 Å². The predicted octanol–water partition coefficient (Wildman–Crippen LogP) is 4.05. The van der Waals surface area contributed by atoms with Crippen LogP contribution >= 0.6 is 11.8 Å². The Balaban J connectivity index is 2.30. The molecular formula is C15H14OS. The molecule has 2 heteroatoms. The fraction of sp³-hybridized carbons (Fsp3) is 0.267. The van der Waals surface area contributed by atoms with Crippen LogP contribution in [0.1, 0.15) is 29.8 Å². The van der Waals surface area contributed by atoms with Crippen LogP contribution in [0.5, 0.6) is 0 Å². The van der Waals surface area contributed by atoms with Gasteiger partial charge in [0.25, 0.3) is 0 Å². The van der Waals surface area contributed by atoms with E-state index in [4.69, 9.17) is 0 Å². The lowest BCUT2D eigenvalue weighted by atomic mass is 9.92. The van der Waals surface area contributed by atoms with E-state index in [1.54, 1.807) is 11.8 Å². The Morgan fingerprint density at radius 2 is 1.88 bits per heavy atom. The fourth-order valence-corrected chi connectivity index (χ4v) is 3.40. The van der Waals surface area contributed by atoms with E-state index < -0.39 is 0 Å². The normalized spacial score (nSPS) is 18.1. The molecule has 0 saturated heterocycles. The second-order valence-corrected chi connectivity index (χ2v) is 6.54. The summed E-state index contributed by atoms with van der Waals surface area (Å²) in [4.78, 5) is 12.4. The van der Waals surface area contributed by atoms with E-state index in [1.165, 1.54) is 16.3 Å². The molecule has 0 N–H and O–H groups in total. The molecule has 1 aliphatic rings. The lowest BCUT2D eigenvalue weighted by Gasteiger charge is -2.29. The van der Waals surface area contributed by atoms with Gasteiger partial charge in [0.15, 0.2) is 5.78 Å². The zero-order chi connectivity index (χ0) is 12.0. The smallest absolute Gasteiger partial charge is 0.178 e. The summed E-state index contributed by atoms with van der Waals surface area (Å²) >= 11 is 1.74. The molecule has 17 heavy (non-hydrogen) atoms. The molecule has 2 aromatic carbocycles. The number of carbonyl (C=O) groups is 1. The van der Waals surface area contributed by atoms with Crippen molar-refractivity contribution < 1.29 is 4.79 Å². The van der Waals surface area contributed by atoms with E-state index in [0.717, 1.165) is 11.3 Å². The zero-order valence-corrected chi connectivity index (χ0v) is 10.8. The lowest BCUT2D eigenvalue weighted by Crippen LogP contribution is -2.32. The molecular weight excluding hydrogens is 228 g/mol. The lowest BCUT2D eigenvalue weighted by molar-refractivity contribution is 0.0955. The maximum Gasteiger partial charge on any atom is 0.178 e. The maximum absolute atomic E-state index is 12.4. The van der Waals surface area contributed by atoms with Gasteiger partial charge in [0.05, 0.1) is 4.75 Å². The Bertz CT molecular complexity index is 613. The van der Waals surface area contributed by atoms with Crippen LogP contribution in [0.2, 0.25) is 0 Å². The van der Waals surface area contributed by atoms with Gasteiger partial charge in [-0.15, -0.1) is 11.8 Å². The molecule has 0 amide bonds. The van der Waals surface area contributed by atoms with E-state index in [0.29, 0.717) is 0 Å². The Morgan fingerprint density at radius 1 is 1.12 bits per heavy atom. The molecule has 3 rings (SSSR count). The van der Waals surface area contributed by atoms with Gasteiger partial charge in [-0.2, -0.15) is 0 Å². The van der Waals surface area contributed by atoms with Gasteiger partial charge in [-0.25, -0.2) is 0 Å². The Kier molecular flexibility index (Phi) is 2.30. The van der Waals surface area contributed by atoms with E-state index >= 15 is 0 Å². The summed E-state index contributed by atoms with van der Waals surface area (Å²) in [5.41, 5.74) is 2.12. The third kappa shape index (κ3) is 1.59. The van der Waals surface area contributed by atoms with Crippen molar-refractivity contribution >= 4 is 28.3 Å². The number of rotatable bonds is 0. The quantitative estimate of drug-likeness (QED) is 0.693. The van der Waals surface area contributed by atoms with Gasteiger partial charge >= 0.3 is 0 Å². The molecule has 2 aromatic rings. The van der Waals surface area contributed by atoms with E-state index in [2.05, 4.69) is 18.2 Å². The van der Waals surface area contributed by atoms with Gasteiger partial charge < -0.3 is 0 Å². The van der Waals surface area contributed by atoms with Crippen molar-refractivity contribution in [3.63, 3.8) is 0 Å². The van der Waals surface area contributed by atoms with Crippen LogP contribution in [0.15, 0.2) is 36.4 Å². The average Bonchev–Trinajstić information content (AvgIpc) is 2.33. The van der Waals surface area contributed by atoms with Crippen LogP contribution in [-0.4, -0.2) is 10.5 Å². The summed E-state index contributed by atoms with van der Waals surface area (Å²) in [6.45, 7) is 4.02. The van der Waals surface area contributed by atoms with Crippen LogP contribution in [0.3, 0.4) is 0 Å². The average molecular weight is 242 g/mol. The minimum absolute atomic E-state index is 0.259. The van der Waals surface area contributed by atoms with E-state index in [9.17, 15) is 4.79 Å². The highest BCUT2D eigenvalue weighted by atomic mass is 32.2. The Labute approximate surface area is 105 Å². The molecule has 1 nitrogen and oxygen atoms in total. The summed E-state index contributed by atoms with van der Waals surface area (Å²) < 4.78 is -0.282. The number of carbonyl (C=O) groups excluding carboxylic acids is 1. The first kappa shape index (κ1) is 10.8. The highest BCUT2D eigenvalue weighted by Crippen LogP contribution is 2.40. The van der Waals surface area contributed by atoms with Crippen molar-refractivity contribution in [2.75, 3.05) is 0 Å². The van der Waals surface area contributed by atoms with Crippen LogP contribution < -0.4 is 0 Å². The number of hydrogen-bond donors (Lipinski definition) is 0. The van der Waals surface area contributed by atoms with Gasteiger partial charge in [-0.3, -0.25) is 4.79 Å². The van der Waals surface area contributed by atoms with Crippen molar-refractivity contribution in [2.24, 2.45) is 0 Å². The molecule has 86 valence electrons. The number of benzene rings is 2. The number of hydrogen-bond acceptors (Lipinski definition) is 2. The molecule has 0 bridgehead atoms.